The van der Waals surface area contributed by atoms with Crippen LogP contribution in [0.2, 0.25) is 5.28 Å². The highest BCUT2D eigenvalue weighted by Gasteiger charge is 2.15. The molecule has 1 heterocycles. The van der Waals surface area contributed by atoms with E-state index in [1.54, 1.807) is 17.8 Å². The summed E-state index contributed by atoms with van der Waals surface area (Å²) in [5.41, 5.74) is 0.870. The Kier molecular flexibility index (Phi) is 8.18. The van der Waals surface area contributed by atoms with E-state index >= 15 is 0 Å². The first kappa shape index (κ1) is 23.7. The van der Waals surface area contributed by atoms with Crippen molar-refractivity contribution in [3.63, 3.8) is 0 Å². The zero-order valence-electron chi connectivity index (χ0n) is 16.9. The highest BCUT2D eigenvalue weighted by molar-refractivity contribution is 7.97. The molecule has 0 amide bonds. The number of thioether (sulfide) groups is 1. The van der Waals surface area contributed by atoms with Crippen LogP contribution in [-0.2, 0) is 5.75 Å². The zero-order valence-corrected chi connectivity index (χ0v) is 18.5. The maximum atomic E-state index is 14.1. The van der Waals surface area contributed by atoms with Gasteiger partial charge in [-0.15, -0.1) is 0 Å². The van der Waals surface area contributed by atoms with E-state index in [9.17, 15) is 18.9 Å². The molecule has 0 bridgehead atoms. The van der Waals surface area contributed by atoms with Gasteiger partial charge in [-0.1, -0.05) is 0 Å². The van der Waals surface area contributed by atoms with Gasteiger partial charge in [0, 0.05) is 29.9 Å². The highest BCUT2D eigenvalue weighted by atomic mass is 35.5. The first-order chi connectivity index (χ1) is 15.4. The van der Waals surface area contributed by atoms with Crippen LogP contribution in [0.3, 0.4) is 0 Å². The molecule has 0 N–H and O–H groups in total. The fourth-order valence-corrected chi connectivity index (χ4v) is 3.49. The van der Waals surface area contributed by atoms with Crippen molar-refractivity contribution in [1.82, 2.24) is 9.97 Å². The van der Waals surface area contributed by atoms with E-state index in [0.29, 0.717) is 17.9 Å². The number of halogens is 3. The van der Waals surface area contributed by atoms with Gasteiger partial charge in [-0.2, -0.15) is 11.8 Å². The van der Waals surface area contributed by atoms with Crippen LogP contribution in [0.4, 0.5) is 14.5 Å². The summed E-state index contributed by atoms with van der Waals surface area (Å²) in [5.74, 6) is -0.185. The number of ether oxygens (including phenoxy) is 2. The van der Waals surface area contributed by atoms with E-state index < -0.39 is 16.6 Å². The van der Waals surface area contributed by atoms with E-state index in [0.717, 1.165) is 23.9 Å². The second kappa shape index (κ2) is 11.1. The molecule has 7 nitrogen and oxygen atoms in total. The summed E-state index contributed by atoms with van der Waals surface area (Å²) < 4.78 is 39.1. The number of nitro benzene ring substituents is 1. The van der Waals surface area contributed by atoms with Gasteiger partial charge in [0.15, 0.2) is 5.82 Å². The van der Waals surface area contributed by atoms with Gasteiger partial charge in [0.25, 0.3) is 5.69 Å². The Balaban J connectivity index is 1.64. The van der Waals surface area contributed by atoms with Crippen LogP contribution in [-0.4, -0.2) is 34.4 Å². The Hall–Kier alpha value is -2.98. The minimum atomic E-state index is -0.721. The molecule has 1 aromatic heterocycles. The number of aromatic nitrogens is 2. The number of nitro groups is 1. The summed E-state index contributed by atoms with van der Waals surface area (Å²) >= 11 is 7.29. The van der Waals surface area contributed by atoms with Crippen molar-refractivity contribution in [3.8, 4) is 22.8 Å². The lowest BCUT2D eigenvalue weighted by molar-refractivity contribution is -0.385. The van der Waals surface area contributed by atoms with Crippen LogP contribution < -0.4 is 9.47 Å². The molecule has 0 radical (unpaired) electrons. The summed E-state index contributed by atoms with van der Waals surface area (Å²) in [6.45, 7) is 0.335. The third-order valence-corrected chi connectivity index (χ3v) is 5.01. The smallest absolute Gasteiger partial charge is 0.273 e. The Morgan fingerprint density at radius 2 is 1.94 bits per heavy atom. The number of nitrogens with zero attached hydrogens (tertiary/aromatic N) is 3. The molecule has 0 saturated heterocycles. The number of benzene rings is 2. The molecule has 0 fully saturated rings. The van der Waals surface area contributed by atoms with Crippen LogP contribution in [0.5, 0.6) is 11.5 Å². The van der Waals surface area contributed by atoms with Gasteiger partial charge in [0.1, 0.15) is 23.0 Å². The second-order valence-corrected chi connectivity index (χ2v) is 7.76. The van der Waals surface area contributed by atoms with Gasteiger partial charge in [0.2, 0.25) is 5.28 Å². The quantitative estimate of drug-likeness (QED) is 0.159. The number of non-ortho nitro benzene ring substituents is 1. The third-order valence-electron chi connectivity index (χ3n) is 4.20. The van der Waals surface area contributed by atoms with Gasteiger partial charge in [0.05, 0.1) is 30.4 Å². The molecule has 32 heavy (non-hydrogen) atoms. The fourth-order valence-electron chi connectivity index (χ4n) is 2.86. The minimum absolute atomic E-state index is 0.0438. The molecule has 3 aromatic rings. The molecule has 11 heteroatoms. The third kappa shape index (κ3) is 6.27. The van der Waals surface area contributed by atoms with Gasteiger partial charge in [-0.05, 0) is 41.6 Å². The summed E-state index contributed by atoms with van der Waals surface area (Å²) in [4.78, 5) is 18.1. The van der Waals surface area contributed by atoms with Crippen molar-refractivity contribution in [2.24, 2.45) is 0 Å². The Morgan fingerprint density at radius 1 is 1.16 bits per heavy atom. The molecule has 0 unspecified atom stereocenters. The Morgan fingerprint density at radius 3 is 2.69 bits per heavy atom. The molecule has 2 aromatic carbocycles. The summed E-state index contributed by atoms with van der Waals surface area (Å²) in [5, 5.41) is 11.0. The predicted molar refractivity (Wildman–Crippen MR) is 118 cm³/mol. The van der Waals surface area contributed by atoms with Crippen molar-refractivity contribution < 1.29 is 23.2 Å². The average Bonchev–Trinajstić information content (AvgIpc) is 2.75. The Bertz CT molecular complexity index is 1120. The van der Waals surface area contributed by atoms with E-state index in [1.807, 2.05) is 6.26 Å². The molecule has 0 aliphatic heterocycles. The molecular weight excluding hydrogens is 464 g/mol. The van der Waals surface area contributed by atoms with Crippen molar-refractivity contribution in [2.75, 3.05) is 19.5 Å². The number of hydrogen-bond acceptors (Lipinski definition) is 7. The zero-order chi connectivity index (χ0) is 23.1. The lowest BCUT2D eigenvalue weighted by atomic mass is 10.1. The van der Waals surface area contributed by atoms with Gasteiger partial charge in [-0.3, -0.25) is 10.1 Å². The first-order valence-corrected chi connectivity index (χ1v) is 11.2. The van der Waals surface area contributed by atoms with Crippen molar-refractivity contribution in [1.29, 1.82) is 0 Å². The van der Waals surface area contributed by atoms with Gasteiger partial charge >= 0.3 is 0 Å². The van der Waals surface area contributed by atoms with Crippen molar-refractivity contribution in [3.05, 3.63) is 75.2 Å². The van der Waals surface area contributed by atoms with Crippen LogP contribution in [0, 0.1) is 21.7 Å². The summed E-state index contributed by atoms with van der Waals surface area (Å²) in [7, 11) is 0. The van der Waals surface area contributed by atoms with E-state index in [2.05, 4.69) is 9.97 Å². The minimum Gasteiger partial charge on any atom is -0.493 e. The topological polar surface area (TPSA) is 87.4 Å². The fraction of sp³-hybridized carbons (Fsp3) is 0.238. The monoisotopic (exact) mass is 481 g/mol. The maximum Gasteiger partial charge on any atom is 0.273 e. The van der Waals surface area contributed by atoms with E-state index in [1.165, 1.54) is 18.2 Å². The van der Waals surface area contributed by atoms with Crippen LogP contribution in [0.25, 0.3) is 11.3 Å². The largest absolute Gasteiger partial charge is 0.493 e. The van der Waals surface area contributed by atoms with Crippen LogP contribution >= 0.6 is 23.4 Å². The Labute approximate surface area is 191 Å². The molecular formula is C21H18ClF2N3O4S. The van der Waals surface area contributed by atoms with Crippen LogP contribution in [0.15, 0.2) is 42.6 Å². The standard InChI is InChI=1S/C21H18ClF2N3O4S/c1-32-12-13-7-15(27(28)29)10-16(8-13)30-5-2-6-31-19-9-14(23)3-4-17(19)20-18(24)11-25-21(22)26-20/h3-4,7-11H,2,5-6,12H2,1H3. The predicted octanol–water partition coefficient (Wildman–Crippen LogP) is 5.69. The van der Waals surface area contributed by atoms with Crippen molar-refractivity contribution in [2.45, 2.75) is 12.2 Å². The lowest BCUT2D eigenvalue weighted by Crippen LogP contribution is -2.07. The molecule has 0 aliphatic rings. The molecule has 0 saturated carbocycles. The van der Waals surface area contributed by atoms with Gasteiger partial charge < -0.3 is 9.47 Å². The molecule has 0 aliphatic carbocycles. The lowest BCUT2D eigenvalue weighted by Gasteiger charge is -2.13. The first-order valence-electron chi connectivity index (χ1n) is 9.38. The van der Waals surface area contributed by atoms with E-state index in [-0.39, 0.29) is 41.2 Å². The molecule has 0 spiro atoms. The van der Waals surface area contributed by atoms with Gasteiger partial charge in [-0.25, -0.2) is 18.7 Å². The summed E-state index contributed by atoms with van der Waals surface area (Å²) in [6, 6.07) is 8.25. The molecule has 3 rings (SSSR count). The van der Waals surface area contributed by atoms with E-state index in [4.69, 9.17) is 21.1 Å². The number of rotatable bonds is 10. The molecule has 0 atom stereocenters. The van der Waals surface area contributed by atoms with Crippen LogP contribution in [0.1, 0.15) is 12.0 Å². The number of hydrogen-bond donors (Lipinski definition) is 0. The summed E-state index contributed by atoms with van der Waals surface area (Å²) in [6.07, 6.45) is 3.22. The second-order valence-electron chi connectivity index (χ2n) is 6.55. The van der Waals surface area contributed by atoms with Crippen molar-refractivity contribution >= 4 is 29.1 Å². The average molecular weight is 482 g/mol. The SMILES string of the molecule is CSCc1cc(OCCCOc2cc(F)ccc2-c2nc(Cl)ncc2F)cc([N+](=O)[O-])c1. The highest BCUT2D eigenvalue weighted by Crippen LogP contribution is 2.32. The maximum absolute atomic E-state index is 14.1. The normalized spacial score (nSPS) is 10.8. The molecule has 168 valence electrons.